The molecule has 1 heterocycles. The molecule has 0 saturated carbocycles. The summed E-state index contributed by atoms with van der Waals surface area (Å²) in [5.74, 6) is 0.949. The predicted octanol–water partition coefficient (Wildman–Crippen LogP) is 5.77. The summed E-state index contributed by atoms with van der Waals surface area (Å²) in [6, 6.07) is 22.3. The number of esters is 1. The third-order valence-electron chi connectivity index (χ3n) is 6.00. The lowest BCUT2D eigenvalue weighted by atomic mass is 9.83. The number of hydrogen-bond acceptors (Lipinski definition) is 7. The molecular weight excluding hydrogens is 468 g/mol. The van der Waals surface area contributed by atoms with Gasteiger partial charge in [-0.05, 0) is 43.2 Å². The minimum Gasteiger partial charge on any atom is -0.493 e. The van der Waals surface area contributed by atoms with Crippen LogP contribution in [0.4, 0.5) is 0 Å². The number of fused-ring (bicyclic) bond motifs is 1. The number of aryl methyl sites for hydroxylation is 1. The topological polar surface area (TPSA) is 104 Å². The zero-order chi connectivity index (χ0) is 26.2. The molecule has 0 bridgehead atoms. The molecule has 0 amide bonds. The summed E-state index contributed by atoms with van der Waals surface area (Å²) in [5, 5.41) is 9.91. The van der Waals surface area contributed by atoms with E-state index >= 15 is 0 Å². The maximum absolute atomic E-state index is 12.4. The minimum atomic E-state index is -0.555. The van der Waals surface area contributed by atoms with E-state index in [1.165, 1.54) is 0 Å². The van der Waals surface area contributed by atoms with Crippen molar-refractivity contribution in [1.82, 2.24) is 0 Å². The van der Waals surface area contributed by atoms with Gasteiger partial charge in [0.2, 0.25) is 5.88 Å². The Bertz CT molecular complexity index is 1340. The third kappa shape index (κ3) is 6.22. The number of allylic oxidation sites excluding steroid dienone is 1. The number of nitrogens with zero attached hydrogens (tertiary/aromatic N) is 1. The molecule has 37 heavy (non-hydrogen) atoms. The van der Waals surface area contributed by atoms with E-state index in [-0.39, 0.29) is 18.2 Å². The van der Waals surface area contributed by atoms with E-state index in [2.05, 4.69) is 13.0 Å². The summed E-state index contributed by atoms with van der Waals surface area (Å²) >= 11 is 0. The molecular formula is C30H30N2O5. The fourth-order valence-electron chi connectivity index (χ4n) is 4.21. The molecule has 3 aromatic carbocycles. The Labute approximate surface area is 217 Å². The Morgan fingerprint density at radius 1 is 1.00 bits per heavy atom. The van der Waals surface area contributed by atoms with Gasteiger partial charge >= 0.3 is 5.97 Å². The molecule has 7 nitrogen and oxygen atoms in total. The zero-order valence-corrected chi connectivity index (χ0v) is 21.0. The van der Waals surface area contributed by atoms with Gasteiger partial charge < -0.3 is 24.7 Å². The van der Waals surface area contributed by atoms with Crippen LogP contribution < -0.4 is 24.7 Å². The number of nitriles is 1. The average Bonchev–Trinajstić information content (AvgIpc) is 2.89. The van der Waals surface area contributed by atoms with Crippen molar-refractivity contribution < 1.29 is 23.7 Å². The average molecular weight is 499 g/mol. The highest BCUT2D eigenvalue weighted by Crippen LogP contribution is 2.45. The smallest absolute Gasteiger partial charge is 0.349 e. The molecule has 0 radical (unpaired) electrons. The van der Waals surface area contributed by atoms with E-state index in [4.69, 9.17) is 24.7 Å². The molecule has 1 atom stereocenters. The van der Waals surface area contributed by atoms with Crippen molar-refractivity contribution in [3.63, 3.8) is 0 Å². The monoisotopic (exact) mass is 498 g/mol. The number of para-hydroxylation sites is 1. The van der Waals surface area contributed by atoms with Crippen molar-refractivity contribution in [3.05, 3.63) is 94.9 Å². The number of nitrogens with two attached hydrogens (primary N) is 1. The van der Waals surface area contributed by atoms with Crippen LogP contribution in [0.5, 0.6) is 23.0 Å². The molecule has 2 N–H and O–H groups in total. The fraction of sp³-hybridized carbons (Fsp3) is 0.267. The van der Waals surface area contributed by atoms with Crippen LogP contribution in [0.2, 0.25) is 0 Å². The molecule has 1 aliphatic heterocycles. The predicted molar refractivity (Wildman–Crippen MR) is 140 cm³/mol. The van der Waals surface area contributed by atoms with Gasteiger partial charge in [0.25, 0.3) is 0 Å². The molecule has 0 aliphatic carbocycles. The zero-order valence-electron chi connectivity index (χ0n) is 21.0. The lowest BCUT2D eigenvalue weighted by Gasteiger charge is -2.28. The van der Waals surface area contributed by atoms with Crippen LogP contribution >= 0.6 is 0 Å². The molecule has 1 unspecified atom stereocenters. The number of ether oxygens (including phenoxy) is 4. The Morgan fingerprint density at radius 3 is 2.62 bits per heavy atom. The number of rotatable bonds is 10. The molecule has 4 rings (SSSR count). The maximum atomic E-state index is 12.4. The van der Waals surface area contributed by atoms with Gasteiger partial charge in [-0.25, -0.2) is 4.79 Å². The number of benzene rings is 3. The maximum Gasteiger partial charge on any atom is 0.349 e. The Kier molecular flexibility index (Phi) is 8.32. The van der Waals surface area contributed by atoms with Crippen molar-refractivity contribution in [2.45, 2.75) is 39.0 Å². The first-order valence-corrected chi connectivity index (χ1v) is 12.3. The van der Waals surface area contributed by atoms with Gasteiger partial charge in [-0.1, -0.05) is 56.2 Å². The molecule has 0 spiro atoms. The van der Waals surface area contributed by atoms with E-state index in [1.807, 2.05) is 49.4 Å². The second kappa shape index (κ2) is 12.0. The summed E-state index contributed by atoms with van der Waals surface area (Å²) in [5.41, 5.74) is 9.04. The number of carbonyl (C=O) groups is 1. The first kappa shape index (κ1) is 25.6. The second-order valence-electron chi connectivity index (χ2n) is 8.80. The largest absolute Gasteiger partial charge is 0.493 e. The molecule has 1 aliphatic rings. The molecule has 0 saturated heterocycles. The first-order chi connectivity index (χ1) is 18.0. The van der Waals surface area contributed by atoms with Crippen LogP contribution in [0, 0.1) is 18.3 Å². The third-order valence-corrected chi connectivity index (χ3v) is 6.00. The van der Waals surface area contributed by atoms with E-state index in [0.29, 0.717) is 29.4 Å². The molecule has 7 heteroatoms. The van der Waals surface area contributed by atoms with E-state index in [1.54, 1.807) is 24.3 Å². The normalized spacial score (nSPS) is 14.2. The van der Waals surface area contributed by atoms with Crippen LogP contribution in [-0.4, -0.2) is 19.2 Å². The van der Waals surface area contributed by atoms with Gasteiger partial charge in [-0.3, -0.25) is 0 Å². The standard InChI is InChI=1S/C30H30N2O5/c1-3-4-7-15-34-26-12-6-5-11-23(26)29-24-14-13-22(17-27(24)37-30(32)25(29)18-31)36-28(33)19-35-21-10-8-9-20(2)16-21/h5-6,8-14,16-17,29H,3-4,7,15,19,32H2,1-2H3. The van der Waals surface area contributed by atoms with Gasteiger partial charge in [0.05, 0.1) is 12.5 Å². The van der Waals surface area contributed by atoms with Gasteiger partial charge in [0.15, 0.2) is 6.61 Å². The molecule has 190 valence electrons. The van der Waals surface area contributed by atoms with E-state index in [0.717, 1.165) is 36.0 Å². The second-order valence-corrected chi connectivity index (χ2v) is 8.80. The summed E-state index contributed by atoms with van der Waals surface area (Å²) in [6.07, 6.45) is 3.12. The van der Waals surface area contributed by atoms with Gasteiger partial charge in [-0.15, -0.1) is 0 Å². The SMILES string of the molecule is CCCCCOc1ccccc1C1C(C#N)=C(N)Oc2cc(OC(=O)COc3cccc(C)c3)ccc21. The summed E-state index contributed by atoms with van der Waals surface area (Å²) in [7, 11) is 0. The Hall–Kier alpha value is -4.44. The molecule has 3 aromatic rings. The van der Waals surface area contributed by atoms with Crippen LogP contribution in [-0.2, 0) is 4.79 Å². The lowest BCUT2D eigenvalue weighted by molar-refractivity contribution is -0.136. The van der Waals surface area contributed by atoms with Crippen molar-refractivity contribution in [1.29, 1.82) is 5.26 Å². The van der Waals surface area contributed by atoms with Crippen LogP contribution in [0.25, 0.3) is 0 Å². The van der Waals surface area contributed by atoms with Crippen molar-refractivity contribution in [2.75, 3.05) is 13.2 Å². The summed E-state index contributed by atoms with van der Waals surface area (Å²) < 4.78 is 22.9. The molecule has 0 fully saturated rings. The van der Waals surface area contributed by atoms with Crippen LogP contribution in [0.3, 0.4) is 0 Å². The molecule has 0 aromatic heterocycles. The van der Waals surface area contributed by atoms with Gasteiger partial charge in [0.1, 0.15) is 34.6 Å². The quantitative estimate of drug-likeness (QED) is 0.215. The van der Waals surface area contributed by atoms with Crippen molar-refractivity contribution >= 4 is 5.97 Å². The Balaban J connectivity index is 1.55. The van der Waals surface area contributed by atoms with E-state index in [9.17, 15) is 10.1 Å². The van der Waals surface area contributed by atoms with Gasteiger partial charge in [-0.2, -0.15) is 5.26 Å². The first-order valence-electron chi connectivity index (χ1n) is 12.3. The van der Waals surface area contributed by atoms with Crippen molar-refractivity contribution in [2.24, 2.45) is 5.73 Å². The fourth-order valence-corrected chi connectivity index (χ4v) is 4.21. The summed E-state index contributed by atoms with van der Waals surface area (Å²) in [6.45, 7) is 4.43. The van der Waals surface area contributed by atoms with Crippen LogP contribution in [0.15, 0.2) is 78.2 Å². The highest BCUT2D eigenvalue weighted by Gasteiger charge is 2.33. The minimum absolute atomic E-state index is 0.00652. The van der Waals surface area contributed by atoms with Crippen molar-refractivity contribution in [3.8, 4) is 29.1 Å². The van der Waals surface area contributed by atoms with Crippen LogP contribution in [0.1, 0.15) is 48.8 Å². The highest BCUT2D eigenvalue weighted by molar-refractivity contribution is 5.74. The summed E-state index contributed by atoms with van der Waals surface area (Å²) in [4.78, 5) is 12.4. The number of hydrogen-bond donors (Lipinski definition) is 1. The number of carbonyl (C=O) groups excluding carboxylic acids is 1. The van der Waals surface area contributed by atoms with E-state index < -0.39 is 11.9 Å². The lowest BCUT2D eigenvalue weighted by Crippen LogP contribution is -2.22. The van der Waals surface area contributed by atoms with Gasteiger partial charge in [0, 0.05) is 17.2 Å². The number of unbranched alkanes of at least 4 members (excludes halogenated alkanes) is 2. The highest BCUT2D eigenvalue weighted by atomic mass is 16.6. The Morgan fingerprint density at radius 2 is 1.84 bits per heavy atom.